The van der Waals surface area contributed by atoms with E-state index in [2.05, 4.69) is 80.6 Å². The van der Waals surface area contributed by atoms with Gasteiger partial charge in [-0.1, -0.05) is 64.1 Å². The summed E-state index contributed by atoms with van der Waals surface area (Å²) in [6.07, 6.45) is 5.54. The molecule has 0 aliphatic carbocycles. The molecule has 0 spiro atoms. The summed E-state index contributed by atoms with van der Waals surface area (Å²) in [6.45, 7) is 22.4. The lowest BCUT2D eigenvalue weighted by atomic mass is 9.82. The summed E-state index contributed by atoms with van der Waals surface area (Å²) in [5.74, 6) is 7.82. The second-order valence-electron chi connectivity index (χ2n) is 8.89. The number of nitrogens with zero attached hydrogens (tertiary/aromatic N) is 1. The van der Waals surface area contributed by atoms with Crippen LogP contribution in [0.1, 0.15) is 26.2 Å². The molecule has 1 nitrogen and oxygen atoms in total. The second kappa shape index (κ2) is 7.88. The average Bonchev–Trinajstić information content (AvgIpc) is 2.91. The molecule has 1 fully saturated rings. The van der Waals surface area contributed by atoms with Gasteiger partial charge in [0.2, 0.25) is 0 Å². The molecule has 1 aliphatic heterocycles. The van der Waals surface area contributed by atoms with E-state index in [1.54, 1.807) is 0 Å². The molecule has 0 aromatic carbocycles. The summed E-state index contributed by atoms with van der Waals surface area (Å²) in [6, 6.07) is 0. The fourth-order valence-corrected chi connectivity index (χ4v) is 3.93. The Morgan fingerprint density at radius 1 is 1.00 bits per heavy atom. The van der Waals surface area contributed by atoms with Gasteiger partial charge in [0.25, 0.3) is 0 Å². The van der Waals surface area contributed by atoms with Crippen molar-refractivity contribution in [3.8, 4) is 22.9 Å². The molecule has 23 heavy (non-hydrogen) atoms. The van der Waals surface area contributed by atoms with Crippen LogP contribution in [0.25, 0.3) is 0 Å². The van der Waals surface area contributed by atoms with Gasteiger partial charge in [-0.05, 0) is 19.3 Å². The van der Waals surface area contributed by atoms with Gasteiger partial charge in [-0.25, -0.2) is 0 Å². The lowest BCUT2D eigenvalue weighted by Crippen LogP contribution is -2.50. The molecule has 0 N–H and O–H groups in total. The zero-order chi connectivity index (χ0) is 17.7. The van der Waals surface area contributed by atoms with E-state index in [1.807, 2.05) is 6.08 Å². The molecule has 0 amide bonds. The van der Waals surface area contributed by atoms with Crippen LogP contribution in [0, 0.1) is 28.8 Å². The summed E-state index contributed by atoms with van der Waals surface area (Å²) in [5, 5.41) is 0. The van der Waals surface area contributed by atoms with Crippen LogP contribution in [0.3, 0.4) is 0 Å². The minimum Gasteiger partial charge on any atom is -0.277 e. The van der Waals surface area contributed by atoms with E-state index in [-0.39, 0.29) is 5.54 Å². The van der Waals surface area contributed by atoms with Crippen molar-refractivity contribution in [2.45, 2.75) is 71.0 Å². The highest BCUT2D eigenvalue weighted by atomic mass is 28.3. The summed E-state index contributed by atoms with van der Waals surface area (Å²) < 4.78 is 0. The maximum atomic E-state index is 3.96. The Morgan fingerprint density at radius 3 is 1.78 bits per heavy atom. The molecule has 1 saturated heterocycles. The van der Waals surface area contributed by atoms with Crippen LogP contribution in [0.2, 0.25) is 39.3 Å². The number of hydrogen-bond acceptors (Lipinski definition) is 1. The van der Waals surface area contributed by atoms with Gasteiger partial charge in [-0.3, -0.25) is 4.90 Å². The van der Waals surface area contributed by atoms with Crippen molar-refractivity contribution in [2.75, 3.05) is 13.1 Å². The number of likely N-dealkylation sites (tertiary alicyclic amines) is 1. The molecule has 0 bridgehead atoms. The predicted molar refractivity (Wildman–Crippen MR) is 110 cm³/mol. The van der Waals surface area contributed by atoms with E-state index in [0.29, 0.717) is 5.92 Å². The average molecular weight is 346 g/mol. The number of rotatable bonds is 4. The first-order valence-corrected chi connectivity index (χ1v) is 15.9. The van der Waals surface area contributed by atoms with Gasteiger partial charge in [0.05, 0.1) is 0 Å². The van der Waals surface area contributed by atoms with Crippen molar-refractivity contribution in [3.05, 3.63) is 12.7 Å². The van der Waals surface area contributed by atoms with E-state index >= 15 is 0 Å². The van der Waals surface area contributed by atoms with Crippen molar-refractivity contribution in [3.63, 3.8) is 0 Å². The fraction of sp³-hybridized carbons (Fsp3) is 0.700. The van der Waals surface area contributed by atoms with Gasteiger partial charge in [0.15, 0.2) is 0 Å². The van der Waals surface area contributed by atoms with Crippen LogP contribution in [-0.2, 0) is 0 Å². The molecule has 0 aromatic heterocycles. The third kappa shape index (κ3) is 6.34. The lowest BCUT2D eigenvalue weighted by molar-refractivity contribution is 0.171. The third-order valence-corrected chi connectivity index (χ3v) is 5.84. The minimum atomic E-state index is -1.43. The van der Waals surface area contributed by atoms with Crippen LogP contribution in [-0.4, -0.2) is 39.7 Å². The van der Waals surface area contributed by atoms with Crippen molar-refractivity contribution in [1.82, 2.24) is 4.90 Å². The molecular weight excluding hydrogens is 310 g/mol. The lowest BCUT2D eigenvalue weighted by Gasteiger charge is -2.38. The van der Waals surface area contributed by atoms with Crippen molar-refractivity contribution in [2.24, 2.45) is 5.92 Å². The van der Waals surface area contributed by atoms with Gasteiger partial charge in [0.1, 0.15) is 21.7 Å². The number of hydrogen-bond donors (Lipinski definition) is 0. The Balaban J connectivity index is 3.44. The van der Waals surface area contributed by atoms with Gasteiger partial charge in [-0.2, -0.15) is 0 Å². The normalized spacial score (nSPS) is 17.7. The van der Waals surface area contributed by atoms with E-state index in [9.17, 15) is 0 Å². The van der Waals surface area contributed by atoms with Crippen molar-refractivity contribution >= 4 is 16.1 Å². The first-order valence-electron chi connectivity index (χ1n) is 8.95. The summed E-state index contributed by atoms with van der Waals surface area (Å²) in [5.41, 5.74) is 7.00. The minimum absolute atomic E-state index is 0.286. The van der Waals surface area contributed by atoms with Crippen molar-refractivity contribution < 1.29 is 0 Å². The van der Waals surface area contributed by atoms with Gasteiger partial charge in [0, 0.05) is 19.0 Å². The van der Waals surface area contributed by atoms with Crippen LogP contribution < -0.4 is 0 Å². The van der Waals surface area contributed by atoms with Crippen LogP contribution in [0.5, 0.6) is 0 Å². The first kappa shape index (κ1) is 20.3. The molecular formula is C20H35NSi2. The van der Waals surface area contributed by atoms with E-state index < -0.39 is 16.1 Å². The van der Waals surface area contributed by atoms with Gasteiger partial charge in [-0.15, -0.1) is 17.7 Å². The molecule has 0 radical (unpaired) electrons. The maximum absolute atomic E-state index is 3.96. The monoisotopic (exact) mass is 345 g/mol. The molecule has 1 rings (SSSR count). The predicted octanol–water partition coefficient (Wildman–Crippen LogP) is 4.79. The first-order chi connectivity index (χ1) is 10.5. The highest BCUT2D eigenvalue weighted by Crippen LogP contribution is 2.31. The Morgan fingerprint density at radius 2 is 1.43 bits per heavy atom. The zero-order valence-electron chi connectivity index (χ0n) is 16.3. The molecule has 0 aromatic rings. The van der Waals surface area contributed by atoms with E-state index in [4.69, 9.17) is 0 Å². The molecule has 1 atom stereocenters. The van der Waals surface area contributed by atoms with Crippen LogP contribution in [0.15, 0.2) is 12.7 Å². The van der Waals surface area contributed by atoms with Crippen LogP contribution >= 0.6 is 0 Å². The summed E-state index contributed by atoms with van der Waals surface area (Å²) in [7, 11) is -2.86. The maximum Gasteiger partial charge on any atom is 0.146 e. The number of allylic oxidation sites excluding steroid dienone is 1. The fourth-order valence-electron chi connectivity index (χ4n) is 2.80. The highest BCUT2D eigenvalue weighted by molar-refractivity contribution is 6.84. The van der Waals surface area contributed by atoms with E-state index in [0.717, 1.165) is 19.5 Å². The van der Waals surface area contributed by atoms with Crippen molar-refractivity contribution in [1.29, 1.82) is 0 Å². The Labute approximate surface area is 146 Å². The quantitative estimate of drug-likeness (QED) is 0.402. The van der Waals surface area contributed by atoms with E-state index in [1.165, 1.54) is 12.8 Å². The zero-order valence-corrected chi connectivity index (χ0v) is 18.3. The van der Waals surface area contributed by atoms with Gasteiger partial charge >= 0.3 is 0 Å². The Kier molecular flexibility index (Phi) is 6.96. The van der Waals surface area contributed by atoms with Crippen LogP contribution in [0.4, 0.5) is 0 Å². The largest absolute Gasteiger partial charge is 0.277 e. The Bertz CT molecular complexity index is 490. The molecule has 0 saturated carbocycles. The van der Waals surface area contributed by atoms with Gasteiger partial charge < -0.3 is 0 Å². The molecule has 1 heterocycles. The SMILES string of the molecule is C=CCC(C)C(C#C[Si](C)(C)C)(C#C[Si](C)(C)C)N1CCCC1. The molecule has 1 unspecified atom stereocenters. The second-order valence-corrected chi connectivity index (χ2v) is 18.4. The highest BCUT2D eigenvalue weighted by Gasteiger charge is 2.40. The smallest absolute Gasteiger partial charge is 0.146 e. The molecule has 128 valence electrons. The molecule has 1 aliphatic rings. The molecule has 3 heteroatoms. The Hall–Kier alpha value is -0.746. The topological polar surface area (TPSA) is 3.24 Å². The third-order valence-electron chi connectivity index (χ3n) is 4.09. The summed E-state index contributed by atoms with van der Waals surface area (Å²) in [4.78, 5) is 2.56. The summed E-state index contributed by atoms with van der Waals surface area (Å²) >= 11 is 0. The standard InChI is InChI=1S/C20H35NSi2/c1-9-12-19(2)20(13-17-22(3,4)5,14-18-23(6,7)8)21-15-10-11-16-21/h9,19H,1,10-12,15-16H2,2-8H3.